The molecular weight excluding hydrogens is 466 g/mol. The maximum absolute atomic E-state index is 12.7. The Kier molecular flexibility index (Phi) is 7.94. The molecule has 1 aromatic heterocycles. The zero-order chi connectivity index (χ0) is 25.6. The molecule has 37 heavy (non-hydrogen) atoms. The summed E-state index contributed by atoms with van der Waals surface area (Å²) in [6, 6.07) is 17.6. The molecule has 2 fully saturated rings. The van der Waals surface area contributed by atoms with Crippen molar-refractivity contribution in [3.63, 3.8) is 0 Å². The van der Waals surface area contributed by atoms with Crippen molar-refractivity contribution in [1.82, 2.24) is 20.4 Å². The molecule has 2 heterocycles. The summed E-state index contributed by atoms with van der Waals surface area (Å²) in [5.74, 6) is 1.50. The molecule has 1 aliphatic heterocycles. The SMILES string of the molecule is NC(=O)c1cccc(Cc2noc(C3CCN(CCC(NC(=O)C4CCC4)c4ccccc4)CC3)n2)c1. The van der Waals surface area contributed by atoms with Crippen LogP contribution in [0, 0.1) is 5.92 Å². The number of nitrogens with zero attached hydrogens (tertiary/aromatic N) is 3. The second-order valence-electron chi connectivity index (χ2n) is 10.3. The number of aromatic nitrogens is 2. The number of likely N-dealkylation sites (tertiary alicyclic amines) is 1. The summed E-state index contributed by atoms with van der Waals surface area (Å²) < 4.78 is 5.61. The second-order valence-corrected chi connectivity index (χ2v) is 10.3. The standard InChI is InChI=1S/C29H35N5O3/c30-27(35)24-11-4-6-20(18-24)19-26-32-29(37-33-26)23-12-15-34(16-13-23)17-14-25(21-7-2-1-3-8-21)31-28(36)22-9-5-10-22/h1-4,6-8,11,18,22-23,25H,5,9-10,12-17,19H2,(H2,30,35)(H,31,36). The van der Waals surface area contributed by atoms with E-state index in [1.165, 1.54) is 5.56 Å². The van der Waals surface area contributed by atoms with Crippen molar-refractivity contribution in [2.75, 3.05) is 19.6 Å². The van der Waals surface area contributed by atoms with Gasteiger partial charge >= 0.3 is 0 Å². The fraction of sp³-hybridized carbons (Fsp3) is 0.448. The maximum Gasteiger partial charge on any atom is 0.248 e. The normalized spacial score (nSPS) is 17.7. The molecular formula is C29H35N5O3. The predicted molar refractivity (Wildman–Crippen MR) is 140 cm³/mol. The van der Waals surface area contributed by atoms with E-state index in [1.807, 2.05) is 30.3 Å². The van der Waals surface area contributed by atoms with Crippen LogP contribution in [0.3, 0.4) is 0 Å². The maximum atomic E-state index is 12.7. The van der Waals surface area contributed by atoms with Crippen molar-refractivity contribution in [3.05, 3.63) is 83.0 Å². The Morgan fingerprint density at radius 1 is 1.05 bits per heavy atom. The predicted octanol–water partition coefficient (Wildman–Crippen LogP) is 3.99. The molecule has 1 atom stereocenters. The average Bonchev–Trinajstić information content (AvgIpc) is 3.35. The number of amides is 2. The number of carbonyl (C=O) groups is 2. The summed E-state index contributed by atoms with van der Waals surface area (Å²) in [6.07, 6.45) is 6.49. The van der Waals surface area contributed by atoms with Crippen LogP contribution in [0.25, 0.3) is 0 Å². The quantitative estimate of drug-likeness (QED) is 0.434. The molecule has 1 aliphatic carbocycles. The Labute approximate surface area is 217 Å². The van der Waals surface area contributed by atoms with Gasteiger partial charge in [0.15, 0.2) is 5.82 Å². The minimum Gasteiger partial charge on any atom is -0.366 e. The topological polar surface area (TPSA) is 114 Å². The molecule has 3 N–H and O–H groups in total. The van der Waals surface area contributed by atoms with Gasteiger partial charge in [0.25, 0.3) is 0 Å². The van der Waals surface area contributed by atoms with Crippen molar-refractivity contribution in [3.8, 4) is 0 Å². The molecule has 1 unspecified atom stereocenters. The Bertz CT molecular complexity index is 1200. The Balaban J connectivity index is 1.12. The number of piperidine rings is 1. The molecule has 5 rings (SSSR count). The van der Waals surface area contributed by atoms with Crippen LogP contribution in [-0.2, 0) is 11.2 Å². The molecule has 3 aromatic rings. The molecule has 1 saturated heterocycles. The smallest absolute Gasteiger partial charge is 0.248 e. The van der Waals surface area contributed by atoms with Crippen molar-refractivity contribution < 1.29 is 14.1 Å². The fourth-order valence-corrected chi connectivity index (χ4v) is 5.20. The average molecular weight is 502 g/mol. The number of hydrogen-bond donors (Lipinski definition) is 2. The molecule has 2 aromatic carbocycles. The van der Waals surface area contributed by atoms with Crippen LogP contribution >= 0.6 is 0 Å². The molecule has 2 amide bonds. The van der Waals surface area contributed by atoms with E-state index in [0.29, 0.717) is 23.7 Å². The van der Waals surface area contributed by atoms with E-state index in [0.717, 1.165) is 63.7 Å². The fourth-order valence-electron chi connectivity index (χ4n) is 5.20. The van der Waals surface area contributed by atoms with Gasteiger partial charge in [-0.05, 0) is 68.5 Å². The molecule has 8 heteroatoms. The number of rotatable bonds is 10. The molecule has 2 aliphatic rings. The number of carbonyl (C=O) groups excluding carboxylic acids is 2. The molecule has 8 nitrogen and oxygen atoms in total. The van der Waals surface area contributed by atoms with Gasteiger partial charge in [-0.25, -0.2) is 0 Å². The Morgan fingerprint density at radius 3 is 2.54 bits per heavy atom. The molecule has 1 saturated carbocycles. The lowest BCUT2D eigenvalue weighted by Gasteiger charge is -2.32. The van der Waals surface area contributed by atoms with Crippen LogP contribution in [0.5, 0.6) is 0 Å². The Hall–Kier alpha value is -3.52. The van der Waals surface area contributed by atoms with Crippen LogP contribution in [-0.4, -0.2) is 46.5 Å². The van der Waals surface area contributed by atoms with Crippen molar-refractivity contribution in [1.29, 1.82) is 0 Å². The van der Waals surface area contributed by atoms with Crippen LogP contribution in [0.15, 0.2) is 59.1 Å². The van der Waals surface area contributed by atoms with Gasteiger partial charge < -0.3 is 20.5 Å². The van der Waals surface area contributed by atoms with Crippen LogP contribution < -0.4 is 11.1 Å². The van der Waals surface area contributed by atoms with Gasteiger partial charge in [-0.1, -0.05) is 54.0 Å². The molecule has 0 radical (unpaired) electrons. The van der Waals surface area contributed by atoms with Gasteiger partial charge in [-0.3, -0.25) is 9.59 Å². The number of nitrogens with one attached hydrogen (secondary N) is 1. The zero-order valence-corrected chi connectivity index (χ0v) is 21.1. The van der Waals surface area contributed by atoms with Gasteiger partial charge in [-0.2, -0.15) is 4.98 Å². The van der Waals surface area contributed by atoms with E-state index in [2.05, 4.69) is 32.5 Å². The second kappa shape index (κ2) is 11.7. The summed E-state index contributed by atoms with van der Waals surface area (Å²) >= 11 is 0. The minimum absolute atomic E-state index is 0.0404. The lowest BCUT2D eigenvalue weighted by Crippen LogP contribution is -2.39. The van der Waals surface area contributed by atoms with Gasteiger partial charge in [-0.15, -0.1) is 0 Å². The number of nitrogens with two attached hydrogens (primary N) is 1. The Morgan fingerprint density at radius 2 is 1.84 bits per heavy atom. The van der Waals surface area contributed by atoms with Crippen LogP contribution in [0.2, 0.25) is 0 Å². The third-order valence-electron chi connectivity index (χ3n) is 7.72. The first-order valence-electron chi connectivity index (χ1n) is 13.3. The minimum atomic E-state index is -0.446. The van der Waals surface area contributed by atoms with E-state index in [4.69, 9.17) is 10.3 Å². The highest BCUT2D eigenvalue weighted by atomic mass is 16.5. The van der Waals surface area contributed by atoms with Crippen molar-refractivity contribution in [2.45, 2.75) is 56.9 Å². The summed E-state index contributed by atoms with van der Waals surface area (Å²) in [7, 11) is 0. The van der Waals surface area contributed by atoms with Crippen molar-refractivity contribution in [2.24, 2.45) is 11.7 Å². The largest absolute Gasteiger partial charge is 0.366 e. The lowest BCUT2D eigenvalue weighted by molar-refractivity contribution is -0.128. The number of benzene rings is 2. The highest BCUT2D eigenvalue weighted by Crippen LogP contribution is 2.30. The van der Waals surface area contributed by atoms with Gasteiger partial charge in [0.1, 0.15) is 0 Å². The molecule has 0 spiro atoms. The van der Waals surface area contributed by atoms with Crippen LogP contribution in [0.4, 0.5) is 0 Å². The van der Waals surface area contributed by atoms with Crippen molar-refractivity contribution >= 4 is 11.8 Å². The molecule has 0 bridgehead atoms. The van der Waals surface area contributed by atoms with E-state index in [-0.39, 0.29) is 23.8 Å². The van der Waals surface area contributed by atoms with E-state index < -0.39 is 5.91 Å². The highest BCUT2D eigenvalue weighted by molar-refractivity contribution is 5.92. The first-order chi connectivity index (χ1) is 18.0. The van der Waals surface area contributed by atoms with Gasteiger partial charge in [0.2, 0.25) is 17.7 Å². The zero-order valence-electron chi connectivity index (χ0n) is 21.1. The summed E-state index contributed by atoms with van der Waals surface area (Å²) in [6.45, 7) is 2.85. The summed E-state index contributed by atoms with van der Waals surface area (Å²) in [5, 5.41) is 7.49. The van der Waals surface area contributed by atoms with Crippen LogP contribution in [0.1, 0.15) is 83.7 Å². The highest BCUT2D eigenvalue weighted by Gasteiger charge is 2.29. The third-order valence-corrected chi connectivity index (χ3v) is 7.72. The first kappa shape index (κ1) is 25.1. The van der Waals surface area contributed by atoms with Gasteiger partial charge in [0, 0.05) is 30.4 Å². The number of hydrogen-bond acceptors (Lipinski definition) is 6. The summed E-state index contributed by atoms with van der Waals surface area (Å²) in [4.78, 5) is 31.2. The van der Waals surface area contributed by atoms with Gasteiger partial charge in [0.05, 0.1) is 6.04 Å². The third kappa shape index (κ3) is 6.43. The molecule has 194 valence electrons. The monoisotopic (exact) mass is 501 g/mol. The number of primary amides is 1. The van der Waals surface area contributed by atoms with E-state index >= 15 is 0 Å². The summed E-state index contributed by atoms with van der Waals surface area (Å²) in [5.41, 5.74) is 7.96. The lowest BCUT2D eigenvalue weighted by atomic mass is 9.84. The van der Waals surface area contributed by atoms with E-state index in [9.17, 15) is 9.59 Å². The van der Waals surface area contributed by atoms with E-state index in [1.54, 1.807) is 12.1 Å². The first-order valence-corrected chi connectivity index (χ1v) is 13.3.